The second-order valence-corrected chi connectivity index (χ2v) is 5.18. The van der Waals surface area contributed by atoms with Gasteiger partial charge in [0.05, 0.1) is 0 Å². The van der Waals surface area contributed by atoms with Gasteiger partial charge in [-0.3, -0.25) is 4.99 Å². The molecule has 0 amide bonds. The van der Waals surface area contributed by atoms with Gasteiger partial charge in [0.25, 0.3) is 0 Å². The fourth-order valence-corrected chi connectivity index (χ4v) is 1.31. The summed E-state index contributed by atoms with van der Waals surface area (Å²) in [4.78, 5) is 6.52. The molecule has 0 saturated heterocycles. The van der Waals surface area contributed by atoms with Crippen LogP contribution in [-0.2, 0) is 0 Å². The van der Waals surface area contributed by atoms with E-state index in [1.807, 2.05) is 7.05 Å². The van der Waals surface area contributed by atoms with Crippen LogP contribution in [0.4, 0.5) is 0 Å². The molecule has 0 aromatic rings. The number of nitrogens with one attached hydrogen (secondary N) is 2. The first kappa shape index (κ1) is 16.2. The summed E-state index contributed by atoms with van der Waals surface area (Å²) < 4.78 is 0. The Kier molecular flexibility index (Phi) is 8.86. The van der Waals surface area contributed by atoms with Crippen molar-refractivity contribution in [2.75, 3.05) is 33.7 Å². The van der Waals surface area contributed by atoms with Crippen LogP contribution in [-0.4, -0.2) is 50.6 Å². The van der Waals surface area contributed by atoms with Crippen LogP contribution in [0.1, 0.15) is 34.1 Å². The van der Waals surface area contributed by atoms with Crippen LogP contribution >= 0.6 is 0 Å². The van der Waals surface area contributed by atoms with Gasteiger partial charge in [-0.1, -0.05) is 13.8 Å². The third kappa shape index (κ3) is 8.98. The van der Waals surface area contributed by atoms with E-state index >= 15 is 0 Å². The Labute approximate surface area is 107 Å². The normalized spacial score (nSPS) is 12.6. The minimum atomic E-state index is 0.590. The number of hydrogen-bond acceptors (Lipinski definition) is 2. The Morgan fingerprint density at radius 2 is 1.71 bits per heavy atom. The average Bonchev–Trinajstić information content (AvgIpc) is 2.26. The molecule has 0 rings (SSSR count). The minimum Gasteiger partial charge on any atom is -0.356 e. The number of rotatable bonds is 7. The third-order valence-corrected chi connectivity index (χ3v) is 2.88. The molecule has 4 heteroatoms. The summed E-state index contributed by atoms with van der Waals surface area (Å²) in [5.41, 5.74) is 0. The summed E-state index contributed by atoms with van der Waals surface area (Å²) in [5.74, 6) is 1.63. The van der Waals surface area contributed by atoms with Crippen LogP contribution in [0, 0.1) is 5.92 Å². The fourth-order valence-electron chi connectivity index (χ4n) is 1.31. The van der Waals surface area contributed by atoms with Gasteiger partial charge < -0.3 is 15.5 Å². The quantitative estimate of drug-likeness (QED) is 0.525. The molecule has 0 aliphatic rings. The van der Waals surface area contributed by atoms with E-state index in [0.717, 1.165) is 31.5 Å². The van der Waals surface area contributed by atoms with Crippen molar-refractivity contribution < 1.29 is 0 Å². The van der Waals surface area contributed by atoms with E-state index in [0.29, 0.717) is 6.04 Å². The number of nitrogens with zero attached hydrogens (tertiary/aromatic N) is 2. The predicted molar refractivity (Wildman–Crippen MR) is 76.6 cm³/mol. The second kappa shape index (κ2) is 9.28. The van der Waals surface area contributed by atoms with Crippen molar-refractivity contribution in [3.05, 3.63) is 0 Å². The molecular formula is C13H30N4. The molecule has 4 nitrogen and oxygen atoms in total. The van der Waals surface area contributed by atoms with Gasteiger partial charge in [-0.25, -0.2) is 0 Å². The van der Waals surface area contributed by atoms with E-state index in [1.165, 1.54) is 6.42 Å². The van der Waals surface area contributed by atoms with Gasteiger partial charge in [0.15, 0.2) is 5.96 Å². The highest BCUT2D eigenvalue weighted by atomic mass is 15.2. The first-order valence-electron chi connectivity index (χ1n) is 6.62. The molecule has 0 spiro atoms. The Balaban J connectivity index is 3.69. The SMILES string of the molecule is CN=C(NCCC(C)C)NCCN(C)C(C)C. The van der Waals surface area contributed by atoms with Crippen molar-refractivity contribution in [2.24, 2.45) is 10.9 Å². The van der Waals surface area contributed by atoms with Gasteiger partial charge in [0.2, 0.25) is 0 Å². The van der Waals surface area contributed by atoms with Crippen LogP contribution in [0.15, 0.2) is 4.99 Å². The van der Waals surface area contributed by atoms with Gasteiger partial charge in [-0.2, -0.15) is 0 Å². The Hall–Kier alpha value is -0.770. The van der Waals surface area contributed by atoms with Gasteiger partial charge >= 0.3 is 0 Å². The summed E-state index contributed by atoms with van der Waals surface area (Å²) in [6, 6.07) is 0.590. The fraction of sp³-hybridized carbons (Fsp3) is 0.923. The molecule has 102 valence electrons. The van der Waals surface area contributed by atoms with E-state index < -0.39 is 0 Å². The molecule has 0 bridgehead atoms. The molecular weight excluding hydrogens is 212 g/mol. The van der Waals surface area contributed by atoms with Crippen LogP contribution < -0.4 is 10.6 Å². The molecule has 0 aromatic carbocycles. The van der Waals surface area contributed by atoms with Crippen molar-refractivity contribution in [3.8, 4) is 0 Å². The summed E-state index contributed by atoms with van der Waals surface area (Å²) in [5, 5.41) is 6.65. The molecule has 0 saturated carbocycles. The van der Waals surface area contributed by atoms with Gasteiger partial charge in [0.1, 0.15) is 0 Å². The second-order valence-electron chi connectivity index (χ2n) is 5.18. The average molecular weight is 242 g/mol. The number of likely N-dealkylation sites (N-methyl/N-ethyl adjacent to an activating group) is 1. The van der Waals surface area contributed by atoms with Gasteiger partial charge in [0, 0.05) is 32.7 Å². The zero-order valence-electron chi connectivity index (χ0n) is 12.4. The Bertz CT molecular complexity index is 211. The molecule has 0 aliphatic carbocycles. The first-order valence-corrected chi connectivity index (χ1v) is 6.62. The van der Waals surface area contributed by atoms with E-state index in [9.17, 15) is 0 Å². The highest BCUT2D eigenvalue weighted by Crippen LogP contribution is 1.96. The van der Waals surface area contributed by atoms with Crippen LogP contribution in [0.5, 0.6) is 0 Å². The van der Waals surface area contributed by atoms with Crippen molar-refractivity contribution >= 4 is 5.96 Å². The Morgan fingerprint density at radius 3 is 2.18 bits per heavy atom. The van der Waals surface area contributed by atoms with Gasteiger partial charge in [-0.15, -0.1) is 0 Å². The van der Waals surface area contributed by atoms with Crippen LogP contribution in [0.25, 0.3) is 0 Å². The summed E-state index contributed by atoms with van der Waals surface area (Å²) in [7, 11) is 3.96. The lowest BCUT2D eigenvalue weighted by molar-refractivity contribution is 0.278. The summed E-state index contributed by atoms with van der Waals surface area (Å²) in [6.07, 6.45) is 1.17. The minimum absolute atomic E-state index is 0.590. The molecule has 0 atom stereocenters. The third-order valence-electron chi connectivity index (χ3n) is 2.88. The standard InChI is InChI=1S/C13H30N4/c1-11(2)7-8-15-13(14-5)16-9-10-17(6)12(3)4/h11-12H,7-10H2,1-6H3,(H2,14,15,16). The number of aliphatic imine (C=N–C) groups is 1. The lowest BCUT2D eigenvalue weighted by Crippen LogP contribution is -2.42. The molecule has 0 unspecified atom stereocenters. The number of guanidine groups is 1. The lowest BCUT2D eigenvalue weighted by Gasteiger charge is -2.21. The molecule has 0 fully saturated rings. The molecule has 0 heterocycles. The smallest absolute Gasteiger partial charge is 0.191 e. The zero-order valence-corrected chi connectivity index (χ0v) is 12.4. The first-order chi connectivity index (χ1) is 7.97. The van der Waals surface area contributed by atoms with Crippen molar-refractivity contribution in [1.82, 2.24) is 15.5 Å². The van der Waals surface area contributed by atoms with Crippen LogP contribution in [0.2, 0.25) is 0 Å². The maximum atomic E-state index is 4.20. The van der Waals surface area contributed by atoms with Crippen molar-refractivity contribution in [3.63, 3.8) is 0 Å². The molecule has 0 radical (unpaired) electrons. The monoisotopic (exact) mass is 242 g/mol. The van der Waals surface area contributed by atoms with Crippen molar-refractivity contribution in [2.45, 2.75) is 40.2 Å². The zero-order chi connectivity index (χ0) is 13.3. The van der Waals surface area contributed by atoms with Gasteiger partial charge in [-0.05, 0) is 33.2 Å². The van der Waals surface area contributed by atoms with E-state index in [2.05, 4.69) is 55.3 Å². The molecule has 17 heavy (non-hydrogen) atoms. The molecule has 0 aromatic heterocycles. The highest BCUT2D eigenvalue weighted by molar-refractivity contribution is 5.79. The predicted octanol–water partition coefficient (Wildman–Crippen LogP) is 1.54. The largest absolute Gasteiger partial charge is 0.356 e. The van der Waals surface area contributed by atoms with E-state index in [4.69, 9.17) is 0 Å². The van der Waals surface area contributed by atoms with E-state index in [-0.39, 0.29) is 0 Å². The maximum absolute atomic E-state index is 4.20. The van der Waals surface area contributed by atoms with Crippen molar-refractivity contribution in [1.29, 1.82) is 0 Å². The highest BCUT2D eigenvalue weighted by Gasteiger charge is 2.03. The topological polar surface area (TPSA) is 39.7 Å². The van der Waals surface area contributed by atoms with Crippen LogP contribution in [0.3, 0.4) is 0 Å². The molecule has 2 N–H and O–H groups in total. The summed E-state index contributed by atoms with van der Waals surface area (Å²) in [6.45, 7) is 11.8. The number of hydrogen-bond donors (Lipinski definition) is 2. The maximum Gasteiger partial charge on any atom is 0.191 e. The Morgan fingerprint density at radius 1 is 1.12 bits per heavy atom. The lowest BCUT2D eigenvalue weighted by atomic mass is 10.1. The summed E-state index contributed by atoms with van der Waals surface area (Å²) >= 11 is 0. The van der Waals surface area contributed by atoms with E-state index in [1.54, 1.807) is 0 Å². The molecule has 0 aliphatic heterocycles.